The minimum atomic E-state index is -6.31. The lowest BCUT2D eigenvalue weighted by Crippen LogP contribution is -2.40. The average Bonchev–Trinajstić information content (AvgIpc) is 3.06. The van der Waals surface area contributed by atoms with Crippen LogP contribution >= 0.6 is 0 Å². The molecule has 52 heavy (non-hydrogen) atoms. The van der Waals surface area contributed by atoms with Crippen LogP contribution < -0.4 is 0 Å². The molecule has 2 rings (SSSR count). The molecule has 0 saturated heterocycles. The molecule has 2 aromatic rings. The van der Waals surface area contributed by atoms with E-state index in [0.717, 1.165) is 24.3 Å². The Labute approximate surface area is 294 Å². The highest BCUT2D eigenvalue weighted by Gasteiger charge is 2.57. The summed E-state index contributed by atoms with van der Waals surface area (Å²) in [6, 6.07) is 12.4. The fraction of sp³-hybridized carbons (Fsp3) is 0.469. The molecule has 0 atom stereocenters. The molecule has 0 N–H and O–H groups in total. The van der Waals surface area contributed by atoms with Crippen LogP contribution in [0.4, 0.5) is 35.1 Å². The lowest BCUT2D eigenvalue weighted by molar-refractivity contribution is -0.167. The van der Waals surface area contributed by atoms with E-state index in [0.29, 0.717) is 12.8 Å². The standard InChI is InChI=1S/C18H20F5NO7S.C14H16F3NO2/c1-4-16(2,3)14(25)29-10-11-30-15(26)18(22,23)32(27,28)31-24-13(17(19,20)21)12-8-6-5-7-9-12;1-4-13(2,3)12(19)20-18-11(14(15,16)17)10-8-6-5-7-9-10/h5-9H,4,10-11H2,1-3H3;5-9H,4H2,1-3H3/b24-13-;18-11-. The summed E-state index contributed by atoms with van der Waals surface area (Å²) in [5, 5.41) is -0.0825. The maximum absolute atomic E-state index is 13.9. The fourth-order valence-electron chi connectivity index (χ4n) is 3.01. The van der Waals surface area contributed by atoms with Gasteiger partial charge in [0.15, 0.2) is 11.4 Å². The van der Waals surface area contributed by atoms with Crippen molar-refractivity contribution in [1.82, 2.24) is 0 Å². The number of benzene rings is 2. The molecule has 0 aliphatic carbocycles. The molecule has 2 aromatic carbocycles. The van der Waals surface area contributed by atoms with Crippen molar-refractivity contribution in [3.8, 4) is 0 Å². The summed E-state index contributed by atoms with van der Waals surface area (Å²) in [7, 11) is -6.31. The van der Waals surface area contributed by atoms with Gasteiger partial charge in [-0.3, -0.25) is 9.08 Å². The van der Waals surface area contributed by atoms with Crippen molar-refractivity contribution in [2.24, 2.45) is 21.1 Å². The molecule has 20 heteroatoms. The van der Waals surface area contributed by atoms with Crippen LogP contribution in [0.2, 0.25) is 0 Å². The number of hydrogen-bond donors (Lipinski definition) is 0. The lowest BCUT2D eigenvalue weighted by Gasteiger charge is -2.20. The molecule has 0 amide bonds. The first-order valence-corrected chi connectivity index (χ1v) is 16.4. The largest absolute Gasteiger partial charge is 0.478 e. The number of nitrogens with zero attached hydrogens (tertiary/aromatic N) is 2. The number of alkyl halides is 8. The van der Waals surface area contributed by atoms with Gasteiger partial charge in [-0.1, -0.05) is 84.8 Å². The zero-order valence-corrected chi connectivity index (χ0v) is 29.4. The zero-order chi connectivity index (χ0) is 40.2. The van der Waals surface area contributed by atoms with Gasteiger partial charge in [0.1, 0.15) is 13.2 Å². The molecular formula is C32H36F8N2O9S. The fourth-order valence-corrected chi connectivity index (χ4v) is 3.54. The van der Waals surface area contributed by atoms with E-state index in [-0.39, 0.29) is 5.56 Å². The molecule has 0 fully saturated rings. The van der Waals surface area contributed by atoms with Crippen molar-refractivity contribution in [3.63, 3.8) is 0 Å². The molecule has 0 spiro atoms. The quantitative estimate of drug-likeness (QED) is 0.0480. The molecule has 0 bridgehead atoms. The van der Waals surface area contributed by atoms with Crippen molar-refractivity contribution in [2.75, 3.05) is 13.2 Å². The summed E-state index contributed by atoms with van der Waals surface area (Å²) < 4.78 is 141. The summed E-state index contributed by atoms with van der Waals surface area (Å²) in [5.41, 5.74) is -5.73. The Morgan fingerprint density at radius 3 is 1.35 bits per heavy atom. The summed E-state index contributed by atoms with van der Waals surface area (Å²) >= 11 is 0. The number of ether oxygens (including phenoxy) is 2. The Kier molecular flexibility index (Phi) is 15.9. The summed E-state index contributed by atoms with van der Waals surface area (Å²) in [6.45, 7) is 8.10. The predicted molar refractivity (Wildman–Crippen MR) is 169 cm³/mol. The van der Waals surface area contributed by atoms with Crippen LogP contribution in [-0.4, -0.2) is 68.6 Å². The van der Waals surface area contributed by atoms with Gasteiger partial charge < -0.3 is 14.3 Å². The van der Waals surface area contributed by atoms with Crippen molar-refractivity contribution in [1.29, 1.82) is 0 Å². The van der Waals surface area contributed by atoms with E-state index in [9.17, 15) is 57.9 Å². The third-order valence-electron chi connectivity index (χ3n) is 7.05. The summed E-state index contributed by atoms with van der Waals surface area (Å²) in [4.78, 5) is 39.3. The second kappa shape index (κ2) is 18.2. The van der Waals surface area contributed by atoms with Crippen LogP contribution in [0.25, 0.3) is 0 Å². The Balaban J connectivity index is 0.000000578. The number of oxime groups is 2. The Bertz CT molecular complexity index is 1680. The van der Waals surface area contributed by atoms with E-state index in [1.807, 2.05) is 0 Å². The van der Waals surface area contributed by atoms with Crippen LogP contribution in [0.3, 0.4) is 0 Å². The number of hydrogen-bond acceptors (Lipinski definition) is 11. The molecular weight excluding hydrogens is 740 g/mol. The number of esters is 2. The predicted octanol–water partition coefficient (Wildman–Crippen LogP) is 7.35. The SMILES string of the molecule is CCC(C)(C)C(=O)O/N=C(/c1ccccc1)C(F)(F)F.CCC(C)(C)C(=O)OCCOC(=O)C(F)(F)S(=O)(=O)O/N=C(/c1ccccc1)C(F)(F)F. The lowest BCUT2D eigenvalue weighted by atomic mass is 9.91. The highest BCUT2D eigenvalue weighted by atomic mass is 32.2. The number of carbonyl (C=O) groups excluding carboxylic acids is 3. The molecule has 0 aliphatic heterocycles. The highest BCUT2D eigenvalue weighted by molar-refractivity contribution is 7.88. The van der Waals surface area contributed by atoms with E-state index in [2.05, 4.69) is 24.2 Å². The first-order chi connectivity index (χ1) is 23.7. The smallest absolute Gasteiger partial charge is 0.462 e. The first-order valence-electron chi connectivity index (χ1n) is 15.0. The van der Waals surface area contributed by atoms with Crippen molar-refractivity contribution < 1.29 is 76.5 Å². The number of halogens is 8. The van der Waals surface area contributed by atoms with Crippen LogP contribution in [0.1, 0.15) is 65.5 Å². The third kappa shape index (κ3) is 13.2. The van der Waals surface area contributed by atoms with Crippen LogP contribution in [-0.2, 0) is 43.1 Å². The second-order valence-corrected chi connectivity index (χ2v) is 13.3. The van der Waals surface area contributed by atoms with Crippen molar-refractivity contribution in [2.45, 2.75) is 72.0 Å². The van der Waals surface area contributed by atoms with Crippen LogP contribution in [0.5, 0.6) is 0 Å². The molecule has 0 aromatic heterocycles. The van der Waals surface area contributed by atoms with Gasteiger partial charge in [-0.15, -0.1) is 0 Å². The molecule has 0 saturated carbocycles. The van der Waals surface area contributed by atoms with E-state index in [4.69, 9.17) is 4.74 Å². The third-order valence-corrected chi connectivity index (χ3v) is 8.12. The summed E-state index contributed by atoms with van der Waals surface area (Å²) in [5.74, 6) is -4.15. The molecule has 0 radical (unpaired) electrons. The van der Waals surface area contributed by atoms with E-state index < -0.39 is 86.7 Å². The van der Waals surface area contributed by atoms with E-state index >= 15 is 0 Å². The summed E-state index contributed by atoms with van der Waals surface area (Å²) in [6.07, 6.45) is -9.13. The monoisotopic (exact) mass is 776 g/mol. The van der Waals surface area contributed by atoms with Gasteiger partial charge in [0.2, 0.25) is 0 Å². The molecule has 0 aliphatic rings. The Morgan fingerprint density at radius 1 is 0.596 bits per heavy atom. The number of carbonyl (C=O) groups is 3. The minimum Gasteiger partial charge on any atom is -0.462 e. The van der Waals surface area contributed by atoms with Gasteiger partial charge >= 0.3 is 45.6 Å². The molecule has 11 nitrogen and oxygen atoms in total. The van der Waals surface area contributed by atoms with Crippen LogP contribution in [0.15, 0.2) is 71.0 Å². The van der Waals surface area contributed by atoms with Gasteiger partial charge in [0.05, 0.1) is 10.8 Å². The van der Waals surface area contributed by atoms with Crippen molar-refractivity contribution >= 4 is 39.4 Å². The van der Waals surface area contributed by atoms with Gasteiger partial charge in [0.25, 0.3) is 0 Å². The molecule has 290 valence electrons. The van der Waals surface area contributed by atoms with Crippen LogP contribution in [0, 0.1) is 10.8 Å². The van der Waals surface area contributed by atoms with E-state index in [1.165, 1.54) is 30.3 Å². The van der Waals surface area contributed by atoms with Gasteiger partial charge in [-0.2, -0.15) is 43.5 Å². The van der Waals surface area contributed by atoms with Gasteiger partial charge in [-0.05, 0) is 40.5 Å². The first kappa shape index (κ1) is 45.4. The normalized spacial score (nSPS) is 13.3. The topological polar surface area (TPSA) is 147 Å². The maximum atomic E-state index is 13.9. The second-order valence-electron chi connectivity index (χ2n) is 11.8. The Hall–Kier alpha value is -4.62. The minimum absolute atomic E-state index is 0.151. The average molecular weight is 777 g/mol. The Morgan fingerprint density at radius 2 is 0.962 bits per heavy atom. The number of rotatable bonds is 14. The van der Waals surface area contributed by atoms with Gasteiger partial charge in [0, 0.05) is 11.1 Å². The van der Waals surface area contributed by atoms with Gasteiger partial charge in [-0.25, -0.2) is 9.59 Å². The highest BCUT2D eigenvalue weighted by Crippen LogP contribution is 2.29. The van der Waals surface area contributed by atoms with E-state index in [1.54, 1.807) is 47.6 Å². The zero-order valence-electron chi connectivity index (χ0n) is 28.6. The molecule has 0 heterocycles. The van der Waals surface area contributed by atoms with Crippen molar-refractivity contribution in [3.05, 3.63) is 71.8 Å². The maximum Gasteiger partial charge on any atom is 0.478 e. The molecule has 0 unspecified atom stereocenters.